The average molecular weight is 447 g/mol. The second-order valence-corrected chi connectivity index (χ2v) is 7.71. The minimum atomic E-state index is -0.778. The summed E-state index contributed by atoms with van der Waals surface area (Å²) in [6, 6.07) is 21.5. The summed E-state index contributed by atoms with van der Waals surface area (Å²) in [6.45, 7) is 2.26. The average Bonchev–Trinajstić information content (AvgIpc) is 3.31. The van der Waals surface area contributed by atoms with E-state index in [0.29, 0.717) is 18.0 Å². The molecule has 0 fully saturated rings. The van der Waals surface area contributed by atoms with Crippen molar-refractivity contribution in [2.75, 3.05) is 13.9 Å². The predicted molar refractivity (Wildman–Crippen MR) is 123 cm³/mol. The molecule has 170 valence electrons. The van der Waals surface area contributed by atoms with Gasteiger partial charge in [0.05, 0.1) is 7.11 Å². The van der Waals surface area contributed by atoms with Crippen molar-refractivity contribution in [2.24, 2.45) is 0 Å². The number of rotatable bonds is 8. The lowest BCUT2D eigenvalue weighted by molar-refractivity contribution is -0.140. The zero-order valence-corrected chi connectivity index (χ0v) is 18.6. The van der Waals surface area contributed by atoms with Crippen molar-refractivity contribution >= 4 is 11.8 Å². The van der Waals surface area contributed by atoms with Gasteiger partial charge < -0.3 is 24.4 Å². The van der Waals surface area contributed by atoms with E-state index in [4.69, 9.17) is 14.2 Å². The van der Waals surface area contributed by atoms with Crippen molar-refractivity contribution in [1.29, 1.82) is 0 Å². The molecular weight excluding hydrogens is 420 g/mol. The summed E-state index contributed by atoms with van der Waals surface area (Å²) in [6.07, 6.45) is 0. The van der Waals surface area contributed by atoms with Crippen LogP contribution in [0, 0.1) is 0 Å². The quantitative estimate of drug-likeness (QED) is 0.569. The maximum absolute atomic E-state index is 13.4. The summed E-state index contributed by atoms with van der Waals surface area (Å²) in [5.74, 6) is 1.62. The molecule has 3 aromatic carbocycles. The van der Waals surface area contributed by atoms with Crippen molar-refractivity contribution in [3.8, 4) is 17.2 Å². The topological polar surface area (TPSA) is 77.1 Å². The minimum absolute atomic E-state index is 0.195. The van der Waals surface area contributed by atoms with Gasteiger partial charge in [-0.3, -0.25) is 9.59 Å². The number of carbonyl (C=O) groups is 2. The van der Waals surface area contributed by atoms with Crippen LogP contribution in [0.25, 0.3) is 0 Å². The number of hydrogen-bond donors (Lipinski definition) is 1. The first-order valence-corrected chi connectivity index (χ1v) is 10.7. The Labute approximate surface area is 192 Å². The highest BCUT2D eigenvalue weighted by Crippen LogP contribution is 2.32. The summed E-state index contributed by atoms with van der Waals surface area (Å²) < 4.78 is 16.0. The predicted octanol–water partition coefficient (Wildman–Crippen LogP) is 3.83. The standard InChI is InChI=1S/C26H26N2O5/c1-18(29)28(16-19-8-11-22(31-2)12-9-19)25(21-6-4-3-5-7-21)26(30)27-15-20-10-13-23-24(14-20)33-17-32-23/h3-14,25H,15-17H2,1-2H3,(H,27,30)/t25-/m0/s1. The van der Waals surface area contributed by atoms with Gasteiger partial charge in [-0.2, -0.15) is 0 Å². The number of methoxy groups -OCH3 is 1. The third-order valence-electron chi connectivity index (χ3n) is 5.50. The molecule has 1 aliphatic rings. The highest BCUT2D eigenvalue weighted by Gasteiger charge is 2.29. The molecule has 0 aliphatic carbocycles. The van der Waals surface area contributed by atoms with Crippen LogP contribution in [0.4, 0.5) is 0 Å². The summed E-state index contributed by atoms with van der Waals surface area (Å²) in [4.78, 5) is 27.7. The lowest BCUT2D eigenvalue weighted by Crippen LogP contribution is -2.42. The molecule has 0 radical (unpaired) electrons. The molecular formula is C26H26N2O5. The summed E-state index contributed by atoms with van der Waals surface area (Å²) in [5.41, 5.74) is 2.52. The van der Waals surface area contributed by atoms with E-state index in [9.17, 15) is 9.59 Å². The molecule has 2 amide bonds. The Kier molecular flexibility index (Phi) is 6.78. The molecule has 0 saturated carbocycles. The van der Waals surface area contributed by atoms with E-state index in [2.05, 4.69) is 5.32 Å². The SMILES string of the molecule is COc1ccc(CN(C(C)=O)[C@H](C(=O)NCc2ccc3c(c2)OCO3)c2ccccc2)cc1. The molecule has 0 aromatic heterocycles. The van der Waals surface area contributed by atoms with Gasteiger partial charge in [0.2, 0.25) is 18.6 Å². The Hall–Kier alpha value is -4.00. The van der Waals surface area contributed by atoms with E-state index in [1.54, 1.807) is 12.0 Å². The van der Waals surface area contributed by atoms with Crippen molar-refractivity contribution < 1.29 is 23.8 Å². The Morgan fingerprint density at radius 2 is 1.67 bits per heavy atom. The second kappa shape index (κ2) is 10.1. The molecule has 33 heavy (non-hydrogen) atoms. The smallest absolute Gasteiger partial charge is 0.247 e. The van der Waals surface area contributed by atoms with Crippen LogP contribution in [0.3, 0.4) is 0 Å². The van der Waals surface area contributed by atoms with Gasteiger partial charge in [-0.05, 0) is 41.0 Å². The van der Waals surface area contributed by atoms with Gasteiger partial charge in [0.25, 0.3) is 0 Å². The van der Waals surface area contributed by atoms with E-state index in [-0.39, 0.29) is 25.2 Å². The van der Waals surface area contributed by atoms with Crippen LogP contribution in [-0.2, 0) is 22.7 Å². The van der Waals surface area contributed by atoms with Gasteiger partial charge in [0, 0.05) is 20.0 Å². The van der Waals surface area contributed by atoms with E-state index in [1.807, 2.05) is 72.8 Å². The fourth-order valence-corrected chi connectivity index (χ4v) is 3.76. The van der Waals surface area contributed by atoms with Crippen molar-refractivity contribution in [1.82, 2.24) is 10.2 Å². The zero-order chi connectivity index (χ0) is 23.2. The van der Waals surface area contributed by atoms with Crippen molar-refractivity contribution in [3.63, 3.8) is 0 Å². The summed E-state index contributed by atoms with van der Waals surface area (Å²) in [5, 5.41) is 2.98. The first kappa shape index (κ1) is 22.2. The Morgan fingerprint density at radius 1 is 0.970 bits per heavy atom. The van der Waals surface area contributed by atoms with Gasteiger partial charge >= 0.3 is 0 Å². The molecule has 1 atom stereocenters. The molecule has 1 N–H and O–H groups in total. The third-order valence-corrected chi connectivity index (χ3v) is 5.50. The van der Waals surface area contributed by atoms with E-state index < -0.39 is 6.04 Å². The maximum atomic E-state index is 13.4. The van der Waals surface area contributed by atoms with Crippen LogP contribution in [0.1, 0.15) is 29.7 Å². The van der Waals surface area contributed by atoms with Gasteiger partial charge in [-0.15, -0.1) is 0 Å². The number of nitrogens with zero attached hydrogens (tertiary/aromatic N) is 1. The number of carbonyl (C=O) groups excluding carboxylic acids is 2. The van der Waals surface area contributed by atoms with Crippen LogP contribution in [0.5, 0.6) is 17.2 Å². The third kappa shape index (κ3) is 5.26. The maximum Gasteiger partial charge on any atom is 0.247 e. The van der Waals surface area contributed by atoms with Crippen LogP contribution in [0.15, 0.2) is 72.8 Å². The van der Waals surface area contributed by atoms with Crippen LogP contribution < -0.4 is 19.5 Å². The van der Waals surface area contributed by atoms with Gasteiger partial charge in [-0.1, -0.05) is 48.5 Å². The molecule has 1 heterocycles. The summed E-state index contributed by atoms with van der Waals surface area (Å²) in [7, 11) is 1.60. The first-order valence-electron chi connectivity index (χ1n) is 10.7. The Balaban J connectivity index is 1.56. The first-order chi connectivity index (χ1) is 16.0. The number of ether oxygens (including phenoxy) is 3. The molecule has 3 aromatic rings. The van der Waals surface area contributed by atoms with Crippen molar-refractivity contribution in [2.45, 2.75) is 26.1 Å². The van der Waals surface area contributed by atoms with E-state index in [1.165, 1.54) is 6.92 Å². The van der Waals surface area contributed by atoms with Gasteiger partial charge in [-0.25, -0.2) is 0 Å². The Morgan fingerprint density at radius 3 is 2.36 bits per heavy atom. The fraction of sp³-hybridized carbons (Fsp3) is 0.231. The number of benzene rings is 3. The number of fused-ring (bicyclic) bond motifs is 1. The van der Waals surface area contributed by atoms with Crippen LogP contribution in [0.2, 0.25) is 0 Å². The molecule has 1 aliphatic heterocycles. The number of nitrogens with one attached hydrogen (secondary N) is 1. The van der Waals surface area contributed by atoms with E-state index in [0.717, 1.165) is 22.4 Å². The minimum Gasteiger partial charge on any atom is -0.497 e. The highest BCUT2D eigenvalue weighted by atomic mass is 16.7. The lowest BCUT2D eigenvalue weighted by atomic mass is 10.0. The fourth-order valence-electron chi connectivity index (χ4n) is 3.76. The summed E-state index contributed by atoms with van der Waals surface area (Å²) >= 11 is 0. The van der Waals surface area contributed by atoms with Crippen molar-refractivity contribution in [3.05, 3.63) is 89.5 Å². The lowest BCUT2D eigenvalue weighted by Gasteiger charge is -2.30. The molecule has 7 nitrogen and oxygen atoms in total. The van der Waals surface area contributed by atoms with Crippen LogP contribution in [-0.4, -0.2) is 30.6 Å². The number of amides is 2. The Bertz CT molecular complexity index is 1120. The second-order valence-electron chi connectivity index (χ2n) is 7.71. The number of hydrogen-bond acceptors (Lipinski definition) is 5. The van der Waals surface area contributed by atoms with Gasteiger partial charge in [0.15, 0.2) is 11.5 Å². The normalized spacial score (nSPS) is 12.7. The monoisotopic (exact) mass is 446 g/mol. The van der Waals surface area contributed by atoms with E-state index >= 15 is 0 Å². The molecule has 7 heteroatoms. The molecule has 4 rings (SSSR count). The zero-order valence-electron chi connectivity index (χ0n) is 18.6. The largest absolute Gasteiger partial charge is 0.497 e. The molecule has 0 unspecified atom stereocenters. The molecule has 0 saturated heterocycles. The van der Waals surface area contributed by atoms with Crippen LogP contribution >= 0.6 is 0 Å². The highest BCUT2D eigenvalue weighted by molar-refractivity contribution is 5.88. The molecule has 0 bridgehead atoms. The molecule has 0 spiro atoms. The van der Waals surface area contributed by atoms with Gasteiger partial charge in [0.1, 0.15) is 11.8 Å².